The molecule has 1 fully saturated rings. The van der Waals surface area contributed by atoms with Crippen molar-refractivity contribution in [3.8, 4) is 0 Å². The van der Waals surface area contributed by atoms with Gasteiger partial charge in [-0.05, 0) is 55.7 Å². The van der Waals surface area contributed by atoms with Crippen LogP contribution in [0.2, 0.25) is 0 Å². The maximum atomic E-state index is 13.4. The Morgan fingerprint density at radius 2 is 1.87 bits per heavy atom. The number of nitrogen functional groups attached to an aromatic ring is 1. The van der Waals surface area contributed by atoms with E-state index in [-0.39, 0.29) is 47.2 Å². The van der Waals surface area contributed by atoms with Gasteiger partial charge < -0.3 is 16.8 Å². The summed E-state index contributed by atoms with van der Waals surface area (Å²) >= 11 is 0. The molecule has 0 saturated heterocycles. The maximum absolute atomic E-state index is 13.4. The zero-order chi connectivity index (χ0) is 22.8. The lowest BCUT2D eigenvalue weighted by molar-refractivity contribution is -0.385. The van der Waals surface area contributed by atoms with Crippen LogP contribution < -0.4 is 16.8 Å². The second-order valence-corrected chi connectivity index (χ2v) is 7.64. The first-order valence-electron chi connectivity index (χ1n) is 9.70. The van der Waals surface area contributed by atoms with Gasteiger partial charge >= 0.3 is 11.9 Å². The molecule has 0 radical (unpaired) electrons. The van der Waals surface area contributed by atoms with Crippen LogP contribution in [0.25, 0.3) is 0 Å². The van der Waals surface area contributed by atoms with E-state index in [0.29, 0.717) is 12.5 Å². The summed E-state index contributed by atoms with van der Waals surface area (Å²) in [5.41, 5.74) is 10.2. The molecule has 12 heteroatoms. The van der Waals surface area contributed by atoms with Crippen LogP contribution in [-0.4, -0.2) is 20.9 Å². The van der Waals surface area contributed by atoms with E-state index in [2.05, 4.69) is 15.3 Å². The Hall–Kier alpha value is -3.02. The second kappa shape index (κ2) is 9.00. The second-order valence-electron chi connectivity index (χ2n) is 7.64. The molecule has 3 rings (SSSR count). The molecule has 2 aromatic rings. The van der Waals surface area contributed by atoms with Gasteiger partial charge in [-0.2, -0.15) is 18.2 Å². The molecule has 1 aliphatic rings. The minimum absolute atomic E-state index is 0.0523. The van der Waals surface area contributed by atoms with Crippen LogP contribution in [0.15, 0.2) is 18.2 Å². The number of nitrogens with zero attached hydrogens (tertiary/aromatic N) is 3. The highest BCUT2D eigenvalue weighted by atomic mass is 19.4. The summed E-state index contributed by atoms with van der Waals surface area (Å²) < 4.78 is 52.1. The van der Waals surface area contributed by atoms with Gasteiger partial charge in [0.15, 0.2) is 0 Å². The van der Waals surface area contributed by atoms with Crippen molar-refractivity contribution in [3.05, 3.63) is 51.0 Å². The number of aromatic nitrogens is 2. The van der Waals surface area contributed by atoms with Crippen LogP contribution in [0.1, 0.15) is 42.5 Å². The van der Waals surface area contributed by atoms with Crippen molar-refractivity contribution in [2.75, 3.05) is 11.1 Å². The van der Waals surface area contributed by atoms with Crippen LogP contribution in [0.5, 0.6) is 0 Å². The Labute approximate surface area is 175 Å². The molecular formula is C19H22F4N6O2. The van der Waals surface area contributed by atoms with E-state index in [1.165, 1.54) is 6.07 Å². The molecule has 1 heterocycles. The van der Waals surface area contributed by atoms with Gasteiger partial charge in [0.1, 0.15) is 11.5 Å². The molecule has 1 saturated carbocycles. The predicted octanol–water partition coefficient (Wildman–Crippen LogP) is 3.80. The van der Waals surface area contributed by atoms with Crippen LogP contribution in [-0.2, 0) is 19.1 Å². The van der Waals surface area contributed by atoms with E-state index >= 15 is 0 Å². The molecule has 0 spiro atoms. The topological polar surface area (TPSA) is 133 Å². The highest BCUT2D eigenvalue weighted by Gasteiger charge is 2.34. The summed E-state index contributed by atoms with van der Waals surface area (Å²) in [5, 5.41) is 14.2. The van der Waals surface area contributed by atoms with Gasteiger partial charge in [0.05, 0.1) is 10.5 Å². The van der Waals surface area contributed by atoms with Gasteiger partial charge in [0, 0.05) is 12.6 Å². The fraction of sp³-hybridized carbons (Fsp3) is 0.474. The van der Waals surface area contributed by atoms with Gasteiger partial charge in [-0.15, -0.1) is 0 Å². The van der Waals surface area contributed by atoms with Crippen LogP contribution in [0.3, 0.4) is 0 Å². The van der Waals surface area contributed by atoms with E-state index in [1.807, 2.05) is 0 Å². The van der Waals surface area contributed by atoms with Crippen molar-refractivity contribution >= 4 is 17.5 Å². The van der Waals surface area contributed by atoms with E-state index in [9.17, 15) is 27.7 Å². The highest BCUT2D eigenvalue weighted by Crippen LogP contribution is 2.33. The molecule has 5 N–H and O–H groups in total. The molecule has 0 amide bonds. The first kappa shape index (κ1) is 22.7. The molecule has 0 unspecified atom stereocenters. The predicted molar refractivity (Wildman–Crippen MR) is 105 cm³/mol. The number of rotatable bonds is 6. The lowest BCUT2D eigenvalue weighted by Crippen LogP contribution is -2.27. The van der Waals surface area contributed by atoms with Crippen molar-refractivity contribution in [1.29, 1.82) is 0 Å². The first-order chi connectivity index (χ1) is 14.5. The number of nitro groups is 1. The number of anilines is 2. The third-order valence-electron chi connectivity index (χ3n) is 5.33. The number of nitrogens with two attached hydrogens (primary N) is 2. The molecule has 168 valence electrons. The average molecular weight is 442 g/mol. The lowest BCUT2D eigenvalue weighted by atomic mass is 9.83. The zero-order valence-corrected chi connectivity index (χ0v) is 16.5. The fourth-order valence-corrected chi connectivity index (χ4v) is 3.69. The Morgan fingerprint density at radius 1 is 1.19 bits per heavy atom. The first-order valence-corrected chi connectivity index (χ1v) is 9.70. The van der Waals surface area contributed by atoms with Crippen LogP contribution in [0, 0.1) is 21.8 Å². The van der Waals surface area contributed by atoms with Gasteiger partial charge in [-0.25, -0.2) is 9.37 Å². The number of hydrogen-bond donors (Lipinski definition) is 3. The SMILES string of the molecule is Nc1nc(NCc2ccc(F)c(C(F)(F)F)c2)nc(CC2CCC(N)CC2)c1[N+](=O)[O-]. The summed E-state index contributed by atoms with van der Waals surface area (Å²) in [4.78, 5) is 18.9. The van der Waals surface area contributed by atoms with Gasteiger partial charge in [-0.1, -0.05) is 6.07 Å². The Balaban J connectivity index is 1.80. The van der Waals surface area contributed by atoms with E-state index in [0.717, 1.165) is 31.7 Å². The minimum atomic E-state index is -4.83. The van der Waals surface area contributed by atoms with Crippen molar-refractivity contribution in [2.45, 2.75) is 50.9 Å². The number of nitrogens with one attached hydrogen (secondary N) is 1. The van der Waals surface area contributed by atoms with Crippen LogP contribution >= 0.6 is 0 Å². The minimum Gasteiger partial charge on any atom is -0.378 e. The summed E-state index contributed by atoms with van der Waals surface area (Å²) in [5.74, 6) is -1.60. The molecule has 0 atom stereocenters. The zero-order valence-electron chi connectivity index (χ0n) is 16.5. The monoisotopic (exact) mass is 442 g/mol. The average Bonchev–Trinajstić information content (AvgIpc) is 2.67. The highest BCUT2D eigenvalue weighted by molar-refractivity contribution is 5.58. The molecule has 0 aliphatic heterocycles. The maximum Gasteiger partial charge on any atom is 0.419 e. The molecular weight excluding hydrogens is 420 g/mol. The Bertz CT molecular complexity index is 961. The summed E-state index contributed by atoms with van der Waals surface area (Å²) in [7, 11) is 0. The van der Waals surface area contributed by atoms with Gasteiger partial charge in [-0.3, -0.25) is 10.1 Å². The quantitative estimate of drug-likeness (QED) is 0.352. The molecule has 8 nitrogen and oxygen atoms in total. The molecule has 31 heavy (non-hydrogen) atoms. The van der Waals surface area contributed by atoms with Crippen molar-refractivity contribution in [3.63, 3.8) is 0 Å². The van der Waals surface area contributed by atoms with E-state index in [4.69, 9.17) is 11.5 Å². The van der Waals surface area contributed by atoms with Crippen molar-refractivity contribution < 1.29 is 22.5 Å². The largest absolute Gasteiger partial charge is 0.419 e. The molecule has 1 aromatic carbocycles. The van der Waals surface area contributed by atoms with Crippen LogP contribution in [0.4, 0.5) is 35.0 Å². The smallest absolute Gasteiger partial charge is 0.378 e. The fourth-order valence-electron chi connectivity index (χ4n) is 3.69. The summed E-state index contributed by atoms with van der Waals surface area (Å²) in [6.07, 6.45) is -1.27. The number of alkyl halides is 3. The van der Waals surface area contributed by atoms with Crippen molar-refractivity contribution in [1.82, 2.24) is 9.97 Å². The molecule has 0 bridgehead atoms. The van der Waals surface area contributed by atoms with E-state index < -0.39 is 22.5 Å². The molecule has 1 aliphatic carbocycles. The van der Waals surface area contributed by atoms with E-state index in [1.54, 1.807) is 0 Å². The molecule has 1 aromatic heterocycles. The third kappa shape index (κ3) is 5.57. The standard InChI is InChI=1S/C19H22F4N6O2/c20-14-6-3-11(7-13(14)19(21,22)23)9-26-18-27-15(16(29(30)31)17(25)28-18)8-10-1-4-12(24)5-2-10/h3,6-7,10,12H,1-2,4-5,8-9,24H2,(H3,25,26,27,28). The summed E-state index contributed by atoms with van der Waals surface area (Å²) in [6, 6.07) is 2.72. The Kier molecular flexibility index (Phi) is 6.58. The van der Waals surface area contributed by atoms with Gasteiger partial charge in [0.25, 0.3) is 0 Å². The normalized spacial score (nSPS) is 19.3. The number of hydrogen-bond acceptors (Lipinski definition) is 7. The number of halogens is 4. The van der Waals surface area contributed by atoms with Crippen molar-refractivity contribution in [2.24, 2.45) is 11.7 Å². The Morgan fingerprint density at radius 3 is 2.48 bits per heavy atom. The number of benzene rings is 1. The third-order valence-corrected chi connectivity index (χ3v) is 5.33. The summed E-state index contributed by atoms with van der Waals surface area (Å²) in [6.45, 7) is -0.154. The van der Waals surface area contributed by atoms with Gasteiger partial charge in [0.2, 0.25) is 11.8 Å². The lowest BCUT2D eigenvalue weighted by Gasteiger charge is -2.25.